The highest BCUT2D eigenvalue weighted by Crippen LogP contribution is 2.31. The molecule has 0 spiro atoms. The van der Waals surface area contributed by atoms with E-state index in [9.17, 15) is 9.59 Å². The molecule has 0 saturated carbocycles. The second kappa shape index (κ2) is 7.66. The van der Waals surface area contributed by atoms with Crippen LogP contribution in [0.5, 0.6) is 0 Å². The first kappa shape index (κ1) is 17.9. The Kier molecular flexibility index (Phi) is 4.90. The first-order valence-corrected chi connectivity index (χ1v) is 9.44. The smallest absolute Gasteiger partial charge is 0.375 e. The van der Waals surface area contributed by atoms with E-state index in [0.717, 1.165) is 10.2 Å². The predicted octanol–water partition coefficient (Wildman–Crippen LogP) is 4.74. The number of hydrogen-bond donors (Lipinski definition) is 1. The Labute approximate surface area is 164 Å². The van der Waals surface area contributed by atoms with Crippen LogP contribution in [0.3, 0.4) is 0 Å². The number of amides is 1. The first-order chi connectivity index (χ1) is 13.6. The number of nitrogens with zero attached hydrogens (tertiary/aromatic N) is 1. The lowest BCUT2D eigenvalue weighted by molar-refractivity contribution is -0.123. The lowest BCUT2D eigenvalue weighted by Crippen LogP contribution is -2.29. The summed E-state index contributed by atoms with van der Waals surface area (Å²) >= 11 is 1.47. The van der Waals surface area contributed by atoms with Crippen molar-refractivity contribution < 1.29 is 18.7 Å². The zero-order valence-corrected chi connectivity index (χ0v) is 15.7. The Bertz CT molecular complexity index is 1100. The molecule has 6 nitrogen and oxygen atoms in total. The van der Waals surface area contributed by atoms with E-state index in [-0.39, 0.29) is 5.76 Å². The molecule has 2 aromatic carbocycles. The highest BCUT2D eigenvalue weighted by molar-refractivity contribution is 7.21. The van der Waals surface area contributed by atoms with E-state index < -0.39 is 18.0 Å². The summed E-state index contributed by atoms with van der Waals surface area (Å²) in [4.78, 5) is 29.0. The Morgan fingerprint density at radius 3 is 2.57 bits per heavy atom. The number of aromatic nitrogens is 1. The topological polar surface area (TPSA) is 81.4 Å². The summed E-state index contributed by atoms with van der Waals surface area (Å²) in [6.07, 6.45) is -0.969. The first-order valence-electron chi connectivity index (χ1n) is 8.63. The number of fused-ring (bicyclic) bond motifs is 1. The van der Waals surface area contributed by atoms with Crippen molar-refractivity contribution in [3.8, 4) is 10.8 Å². The molecule has 1 amide bonds. The maximum atomic E-state index is 12.3. The Hall–Kier alpha value is -3.45. The second-order valence-electron chi connectivity index (χ2n) is 6.05. The molecule has 0 radical (unpaired) electrons. The summed E-state index contributed by atoms with van der Waals surface area (Å²) in [6.45, 7) is 1.51. The lowest BCUT2D eigenvalue weighted by Gasteiger charge is -2.12. The van der Waals surface area contributed by atoms with Crippen molar-refractivity contribution >= 4 is 39.1 Å². The standard InChI is InChI=1S/C21H16N2O4S/c1-13(19(24)22-14-7-3-2-4-8-14)26-21(25)17-12-11-16(27-17)20-23-15-9-5-6-10-18(15)28-20/h2-13H,1H3,(H,22,24)/t13-/m0/s1. The van der Waals surface area contributed by atoms with E-state index in [0.29, 0.717) is 16.5 Å². The molecule has 2 heterocycles. The van der Waals surface area contributed by atoms with Crippen LogP contribution >= 0.6 is 11.3 Å². The van der Waals surface area contributed by atoms with Crippen LogP contribution in [-0.4, -0.2) is 23.0 Å². The van der Waals surface area contributed by atoms with Gasteiger partial charge in [0.2, 0.25) is 5.76 Å². The van der Waals surface area contributed by atoms with E-state index >= 15 is 0 Å². The summed E-state index contributed by atoms with van der Waals surface area (Å²) in [6, 6.07) is 19.9. The van der Waals surface area contributed by atoms with Gasteiger partial charge in [-0.2, -0.15) is 0 Å². The van der Waals surface area contributed by atoms with E-state index in [1.54, 1.807) is 30.3 Å². The zero-order valence-electron chi connectivity index (χ0n) is 14.9. The van der Waals surface area contributed by atoms with Crippen LogP contribution in [0.2, 0.25) is 0 Å². The number of ether oxygens (including phenoxy) is 1. The molecular formula is C21H16N2O4S. The minimum absolute atomic E-state index is 0.0219. The molecule has 1 atom stereocenters. The quantitative estimate of drug-likeness (QED) is 0.496. The van der Waals surface area contributed by atoms with Gasteiger partial charge in [-0.1, -0.05) is 30.3 Å². The number of carbonyl (C=O) groups is 2. The molecule has 4 rings (SSSR count). The van der Waals surface area contributed by atoms with E-state index in [1.807, 2.05) is 30.3 Å². The SMILES string of the molecule is C[C@H](OC(=O)c1ccc(-c2nc3ccccc3s2)o1)C(=O)Nc1ccccc1. The summed E-state index contributed by atoms with van der Waals surface area (Å²) in [7, 11) is 0. The van der Waals surface area contributed by atoms with E-state index in [4.69, 9.17) is 9.15 Å². The third-order valence-corrected chi connectivity index (χ3v) is 5.06. The predicted molar refractivity (Wildman–Crippen MR) is 107 cm³/mol. The van der Waals surface area contributed by atoms with Gasteiger partial charge in [-0.25, -0.2) is 9.78 Å². The summed E-state index contributed by atoms with van der Waals surface area (Å²) < 4.78 is 11.9. The fourth-order valence-electron chi connectivity index (χ4n) is 2.58. The molecule has 0 aliphatic rings. The number of carbonyl (C=O) groups excluding carboxylic acids is 2. The molecular weight excluding hydrogens is 376 g/mol. The van der Waals surface area contributed by atoms with Crippen molar-refractivity contribution in [3.63, 3.8) is 0 Å². The number of rotatable bonds is 5. The molecule has 0 saturated heterocycles. The number of nitrogens with one attached hydrogen (secondary N) is 1. The van der Waals surface area contributed by atoms with Crippen LogP contribution in [0, 0.1) is 0 Å². The fourth-order valence-corrected chi connectivity index (χ4v) is 3.51. The monoisotopic (exact) mass is 392 g/mol. The van der Waals surface area contributed by atoms with Crippen LogP contribution in [0.15, 0.2) is 71.1 Å². The number of para-hydroxylation sites is 2. The second-order valence-corrected chi connectivity index (χ2v) is 7.08. The molecule has 1 N–H and O–H groups in total. The van der Waals surface area contributed by atoms with E-state index in [1.165, 1.54) is 24.3 Å². The van der Waals surface area contributed by atoms with Crippen LogP contribution in [0.4, 0.5) is 5.69 Å². The number of benzene rings is 2. The van der Waals surface area contributed by atoms with Crippen molar-refractivity contribution in [2.24, 2.45) is 0 Å². The van der Waals surface area contributed by atoms with Gasteiger partial charge >= 0.3 is 5.97 Å². The van der Waals surface area contributed by atoms with Gasteiger partial charge in [0.05, 0.1) is 10.2 Å². The number of hydrogen-bond acceptors (Lipinski definition) is 6. The van der Waals surface area contributed by atoms with Crippen LogP contribution in [-0.2, 0) is 9.53 Å². The Balaban J connectivity index is 1.43. The van der Waals surface area contributed by atoms with Crippen molar-refractivity contribution in [1.82, 2.24) is 4.98 Å². The third-order valence-electron chi connectivity index (χ3n) is 4.01. The van der Waals surface area contributed by atoms with Crippen molar-refractivity contribution in [2.75, 3.05) is 5.32 Å². The molecule has 4 aromatic rings. The summed E-state index contributed by atoms with van der Waals surface area (Å²) in [5.41, 5.74) is 1.50. The van der Waals surface area contributed by atoms with Gasteiger partial charge in [-0.3, -0.25) is 4.79 Å². The minimum Gasteiger partial charge on any atom is -0.447 e. The summed E-state index contributed by atoms with van der Waals surface area (Å²) in [5.74, 6) is -0.622. The van der Waals surface area contributed by atoms with Gasteiger partial charge in [0.15, 0.2) is 16.9 Å². The maximum Gasteiger partial charge on any atom is 0.375 e. The largest absolute Gasteiger partial charge is 0.447 e. The molecule has 7 heteroatoms. The van der Waals surface area contributed by atoms with Gasteiger partial charge in [0.1, 0.15) is 0 Å². The van der Waals surface area contributed by atoms with Crippen molar-refractivity contribution in [1.29, 1.82) is 0 Å². The molecule has 0 fully saturated rings. The highest BCUT2D eigenvalue weighted by Gasteiger charge is 2.22. The van der Waals surface area contributed by atoms with Crippen molar-refractivity contribution in [3.05, 3.63) is 72.5 Å². The van der Waals surface area contributed by atoms with Gasteiger partial charge in [-0.15, -0.1) is 11.3 Å². The van der Waals surface area contributed by atoms with E-state index in [2.05, 4.69) is 10.3 Å². The summed E-state index contributed by atoms with van der Waals surface area (Å²) in [5, 5.41) is 3.37. The number of anilines is 1. The zero-order chi connectivity index (χ0) is 19.5. The van der Waals surface area contributed by atoms with Crippen LogP contribution in [0.25, 0.3) is 21.0 Å². The maximum absolute atomic E-state index is 12.3. The number of thiazole rings is 1. The minimum atomic E-state index is -0.969. The van der Waals surface area contributed by atoms with Crippen molar-refractivity contribution in [2.45, 2.75) is 13.0 Å². The fraction of sp³-hybridized carbons (Fsp3) is 0.0952. The van der Waals surface area contributed by atoms with Gasteiger partial charge < -0.3 is 14.5 Å². The van der Waals surface area contributed by atoms with Gasteiger partial charge in [0, 0.05) is 5.69 Å². The molecule has 28 heavy (non-hydrogen) atoms. The Morgan fingerprint density at radius 1 is 1.04 bits per heavy atom. The molecule has 0 unspecified atom stereocenters. The number of esters is 1. The molecule has 2 aromatic heterocycles. The highest BCUT2D eigenvalue weighted by atomic mass is 32.1. The molecule has 0 aliphatic carbocycles. The molecule has 140 valence electrons. The van der Waals surface area contributed by atoms with Gasteiger partial charge in [0.25, 0.3) is 5.91 Å². The lowest BCUT2D eigenvalue weighted by atomic mass is 10.3. The number of furan rings is 1. The van der Waals surface area contributed by atoms with Gasteiger partial charge in [-0.05, 0) is 43.3 Å². The molecule has 0 aliphatic heterocycles. The van der Waals surface area contributed by atoms with Crippen LogP contribution in [0.1, 0.15) is 17.5 Å². The average molecular weight is 392 g/mol. The average Bonchev–Trinajstić information content (AvgIpc) is 3.35. The Morgan fingerprint density at radius 2 is 1.79 bits per heavy atom. The third kappa shape index (κ3) is 3.79. The molecule has 0 bridgehead atoms. The van der Waals surface area contributed by atoms with Crippen LogP contribution < -0.4 is 5.32 Å². The normalized spacial score (nSPS) is 11.9.